The SMILES string of the molecule is Cc1nc(/C=C2\N=C(c3cccc(S(=O)(=O)N(C)C)c3)OC2=O)cs1. The first-order valence-electron chi connectivity index (χ1n) is 7.25. The number of benzene rings is 1. The summed E-state index contributed by atoms with van der Waals surface area (Å²) >= 11 is 1.47. The largest absolute Gasteiger partial charge is 0.402 e. The van der Waals surface area contributed by atoms with Gasteiger partial charge in [-0.1, -0.05) is 6.07 Å². The highest BCUT2D eigenvalue weighted by Gasteiger charge is 2.26. The number of sulfonamides is 1. The zero-order valence-electron chi connectivity index (χ0n) is 13.8. The Morgan fingerprint density at radius 1 is 1.28 bits per heavy atom. The fraction of sp³-hybridized carbons (Fsp3) is 0.188. The first-order chi connectivity index (χ1) is 11.8. The predicted molar refractivity (Wildman–Crippen MR) is 94.8 cm³/mol. The van der Waals surface area contributed by atoms with Crippen molar-refractivity contribution in [2.75, 3.05) is 14.1 Å². The molecular weight excluding hydrogens is 362 g/mol. The Morgan fingerprint density at radius 3 is 2.68 bits per heavy atom. The molecule has 7 nitrogen and oxygen atoms in total. The third-order valence-corrected chi connectivity index (χ3v) is 6.00. The van der Waals surface area contributed by atoms with Crippen molar-refractivity contribution in [1.29, 1.82) is 0 Å². The summed E-state index contributed by atoms with van der Waals surface area (Å²) in [6, 6.07) is 6.12. The van der Waals surface area contributed by atoms with Crippen LogP contribution in [0.5, 0.6) is 0 Å². The van der Waals surface area contributed by atoms with E-state index in [-0.39, 0.29) is 16.5 Å². The van der Waals surface area contributed by atoms with Gasteiger partial charge in [0.2, 0.25) is 15.9 Å². The van der Waals surface area contributed by atoms with Crippen molar-refractivity contribution in [2.24, 2.45) is 4.99 Å². The van der Waals surface area contributed by atoms with Crippen LogP contribution < -0.4 is 0 Å². The van der Waals surface area contributed by atoms with Crippen LogP contribution in [0.2, 0.25) is 0 Å². The number of carbonyl (C=O) groups excluding carboxylic acids is 1. The van der Waals surface area contributed by atoms with E-state index in [9.17, 15) is 13.2 Å². The normalized spacial score (nSPS) is 16.4. The third kappa shape index (κ3) is 3.53. The van der Waals surface area contributed by atoms with Crippen LogP contribution in [0.25, 0.3) is 6.08 Å². The summed E-state index contributed by atoms with van der Waals surface area (Å²) < 4.78 is 30.8. The number of rotatable bonds is 4. The molecule has 0 amide bonds. The zero-order valence-corrected chi connectivity index (χ0v) is 15.4. The molecule has 0 bridgehead atoms. The monoisotopic (exact) mass is 377 g/mol. The number of carbonyl (C=O) groups is 1. The molecule has 3 rings (SSSR count). The van der Waals surface area contributed by atoms with Gasteiger partial charge >= 0.3 is 5.97 Å². The van der Waals surface area contributed by atoms with Crippen molar-refractivity contribution < 1.29 is 17.9 Å². The van der Waals surface area contributed by atoms with Crippen LogP contribution in [0, 0.1) is 6.92 Å². The Balaban J connectivity index is 1.96. The molecule has 2 heterocycles. The number of ether oxygens (including phenoxy) is 1. The minimum atomic E-state index is -3.59. The van der Waals surface area contributed by atoms with E-state index in [4.69, 9.17) is 4.74 Å². The molecule has 0 unspecified atom stereocenters. The van der Waals surface area contributed by atoms with Crippen molar-refractivity contribution in [3.05, 3.63) is 51.6 Å². The minimum Gasteiger partial charge on any atom is -0.402 e. The van der Waals surface area contributed by atoms with Crippen molar-refractivity contribution in [2.45, 2.75) is 11.8 Å². The highest BCUT2D eigenvalue weighted by Crippen LogP contribution is 2.22. The summed E-state index contributed by atoms with van der Waals surface area (Å²) in [5.74, 6) is -0.527. The number of hydrogen-bond donors (Lipinski definition) is 0. The number of aryl methyl sites for hydroxylation is 1. The molecule has 0 saturated carbocycles. The number of cyclic esters (lactones) is 1. The van der Waals surface area contributed by atoms with Gasteiger partial charge in [-0.25, -0.2) is 27.5 Å². The molecule has 130 valence electrons. The van der Waals surface area contributed by atoms with Gasteiger partial charge in [0.05, 0.1) is 15.6 Å². The van der Waals surface area contributed by atoms with Crippen molar-refractivity contribution in [1.82, 2.24) is 9.29 Å². The molecule has 25 heavy (non-hydrogen) atoms. The van der Waals surface area contributed by atoms with Gasteiger partial charge in [0.15, 0.2) is 5.70 Å². The second-order valence-electron chi connectivity index (χ2n) is 5.44. The Hall–Kier alpha value is -2.36. The van der Waals surface area contributed by atoms with Crippen LogP contribution in [-0.2, 0) is 19.6 Å². The number of nitrogens with zero attached hydrogens (tertiary/aromatic N) is 3. The van der Waals surface area contributed by atoms with Crippen LogP contribution in [0.3, 0.4) is 0 Å². The smallest absolute Gasteiger partial charge is 0.363 e. The fourth-order valence-corrected chi connectivity index (χ4v) is 3.64. The standard InChI is InChI=1S/C16H15N3O4S2/c1-10-17-12(9-24-10)8-14-16(20)23-15(18-14)11-5-4-6-13(7-11)25(21,22)19(2)3/h4-9H,1-3H3/b14-8-. The van der Waals surface area contributed by atoms with E-state index in [1.807, 2.05) is 12.3 Å². The zero-order chi connectivity index (χ0) is 18.2. The van der Waals surface area contributed by atoms with E-state index in [1.165, 1.54) is 37.6 Å². The third-order valence-electron chi connectivity index (χ3n) is 3.40. The number of aliphatic imine (C=N–C) groups is 1. The molecule has 0 N–H and O–H groups in total. The summed E-state index contributed by atoms with van der Waals surface area (Å²) in [4.78, 5) is 20.5. The molecule has 1 aliphatic rings. The van der Waals surface area contributed by atoms with Gasteiger partial charge < -0.3 is 4.74 Å². The number of thiazole rings is 1. The van der Waals surface area contributed by atoms with E-state index >= 15 is 0 Å². The average Bonchev–Trinajstić information content (AvgIpc) is 3.14. The molecule has 0 radical (unpaired) electrons. The van der Waals surface area contributed by atoms with Crippen molar-refractivity contribution in [3.8, 4) is 0 Å². The molecule has 0 spiro atoms. The summed E-state index contributed by atoms with van der Waals surface area (Å²) in [6.45, 7) is 1.87. The number of aromatic nitrogens is 1. The van der Waals surface area contributed by atoms with Crippen LogP contribution in [-0.4, -0.2) is 43.7 Å². The predicted octanol–water partition coefficient (Wildman–Crippen LogP) is 2.05. The van der Waals surface area contributed by atoms with Crippen molar-refractivity contribution >= 4 is 39.3 Å². The van der Waals surface area contributed by atoms with E-state index < -0.39 is 16.0 Å². The molecular formula is C16H15N3O4S2. The van der Waals surface area contributed by atoms with Gasteiger partial charge in [-0.05, 0) is 31.2 Å². The molecule has 0 saturated heterocycles. The van der Waals surface area contributed by atoms with Gasteiger partial charge in [-0.15, -0.1) is 11.3 Å². The van der Waals surface area contributed by atoms with Gasteiger partial charge in [0.1, 0.15) is 0 Å². The Kier molecular flexibility index (Phi) is 4.55. The van der Waals surface area contributed by atoms with Crippen LogP contribution in [0.4, 0.5) is 0 Å². The lowest BCUT2D eigenvalue weighted by Crippen LogP contribution is -2.22. The molecule has 1 aliphatic heterocycles. The Morgan fingerprint density at radius 2 is 2.04 bits per heavy atom. The first-order valence-corrected chi connectivity index (χ1v) is 9.57. The Labute approximate surface area is 149 Å². The van der Waals surface area contributed by atoms with E-state index in [0.717, 1.165) is 9.31 Å². The lowest BCUT2D eigenvalue weighted by atomic mass is 10.2. The summed E-state index contributed by atoms with van der Waals surface area (Å²) in [7, 11) is -0.687. The van der Waals surface area contributed by atoms with E-state index in [2.05, 4.69) is 9.98 Å². The van der Waals surface area contributed by atoms with Crippen LogP contribution >= 0.6 is 11.3 Å². The molecule has 1 aromatic heterocycles. The summed E-state index contributed by atoms with van der Waals surface area (Å²) in [5.41, 5.74) is 1.17. The first kappa shape index (κ1) is 17.5. The van der Waals surface area contributed by atoms with Crippen molar-refractivity contribution in [3.63, 3.8) is 0 Å². The second-order valence-corrected chi connectivity index (χ2v) is 8.66. The quantitative estimate of drug-likeness (QED) is 0.601. The molecule has 9 heteroatoms. The minimum absolute atomic E-state index is 0.0685. The molecule has 0 atom stereocenters. The maximum absolute atomic E-state index is 12.2. The highest BCUT2D eigenvalue weighted by molar-refractivity contribution is 7.89. The van der Waals surface area contributed by atoms with Gasteiger partial charge in [-0.2, -0.15) is 0 Å². The van der Waals surface area contributed by atoms with Crippen LogP contribution in [0.1, 0.15) is 16.3 Å². The summed E-state index contributed by atoms with van der Waals surface area (Å²) in [6.07, 6.45) is 1.54. The number of esters is 1. The van der Waals surface area contributed by atoms with E-state index in [1.54, 1.807) is 18.2 Å². The van der Waals surface area contributed by atoms with Crippen LogP contribution in [0.15, 0.2) is 45.2 Å². The lowest BCUT2D eigenvalue weighted by molar-refractivity contribution is -0.129. The number of hydrogen-bond acceptors (Lipinski definition) is 7. The molecule has 2 aromatic rings. The van der Waals surface area contributed by atoms with Gasteiger partial charge in [-0.3, -0.25) is 0 Å². The topological polar surface area (TPSA) is 88.9 Å². The maximum Gasteiger partial charge on any atom is 0.363 e. The van der Waals surface area contributed by atoms with Gasteiger partial charge in [0.25, 0.3) is 0 Å². The maximum atomic E-state index is 12.2. The summed E-state index contributed by atoms with van der Waals surface area (Å²) in [5, 5.41) is 2.69. The Bertz CT molecular complexity index is 1000. The second kappa shape index (κ2) is 6.51. The molecule has 0 fully saturated rings. The molecule has 1 aromatic carbocycles. The highest BCUT2D eigenvalue weighted by atomic mass is 32.2. The van der Waals surface area contributed by atoms with Gasteiger partial charge in [0, 0.05) is 25.0 Å². The molecule has 0 aliphatic carbocycles. The van der Waals surface area contributed by atoms with E-state index in [0.29, 0.717) is 11.3 Å². The average molecular weight is 377 g/mol. The fourth-order valence-electron chi connectivity index (χ4n) is 2.12. The lowest BCUT2D eigenvalue weighted by Gasteiger charge is -2.11.